The molecule has 1 heteroatoms. The topological polar surface area (TPSA) is 3.24 Å². The Morgan fingerprint density at radius 3 is 1.57 bits per heavy atom. The van der Waals surface area contributed by atoms with Crippen molar-refractivity contribution in [2.75, 3.05) is 4.90 Å². The van der Waals surface area contributed by atoms with Gasteiger partial charge in [-0.05, 0) is 97.2 Å². The van der Waals surface area contributed by atoms with Gasteiger partial charge in [-0.3, -0.25) is 0 Å². The maximum Gasteiger partial charge on any atom is 0.0714 e. The lowest BCUT2D eigenvalue weighted by molar-refractivity contribution is 0.768. The number of hydrogen-bond donors (Lipinski definition) is 0. The largest absolute Gasteiger partial charge is 0.310 e. The van der Waals surface area contributed by atoms with Crippen LogP contribution in [0.25, 0.3) is 44.2 Å². The summed E-state index contributed by atoms with van der Waals surface area (Å²) < 4.78 is 0. The highest BCUT2D eigenvalue weighted by molar-refractivity contribution is 6.00. The Morgan fingerprint density at radius 2 is 0.870 bits per heavy atom. The standard InChI is InChI=1S/C53H37N/c1-5-17-39(18-6-1)46-27-15-19-40-31-32-41(37-48(40)46)38-33-35-45(36-34-38)54(44-24-11-4-12-25-44)51-30-16-29-50-52(51)47-26-13-14-28-49(47)53(50,42-20-7-2-8-21-42)43-22-9-3-10-23-43/h1-37H. The van der Waals surface area contributed by atoms with Crippen LogP contribution in [-0.4, -0.2) is 0 Å². The molecule has 0 aliphatic heterocycles. The highest BCUT2D eigenvalue weighted by Gasteiger charge is 2.47. The van der Waals surface area contributed by atoms with Crippen molar-refractivity contribution in [3.05, 3.63) is 247 Å². The number of para-hydroxylation sites is 1. The minimum absolute atomic E-state index is 0.467. The van der Waals surface area contributed by atoms with Gasteiger partial charge in [0.15, 0.2) is 0 Å². The van der Waals surface area contributed by atoms with E-state index in [1.54, 1.807) is 0 Å². The normalized spacial score (nSPS) is 12.6. The Hall–Kier alpha value is -6.96. The van der Waals surface area contributed by atoms with Gasteiger partial charge in [0.1, 0.15) is 0 Å². The van der Waals surface area contributed by atoms with Gasteiger partial charge < -0.3 is 4.90 Å². The predicted molar refractivity (Wildman–Crippen MR) is 227 cm³/mol. The molecule has 0 saturated heterocycles. The molecule has 9 aromatic carbocycles. The van der Waals surface area contributed by atoms with Gasteiger partial charge in [0.05, 0.1) is 11.1 Å². The van der Waals surface area contributed by atoms with Crippen LogP contribution in [0.15, 0.2) is 224 Å². The summed E-state index contributed by atoms with van der Waals surface area (Å²) in [7, 11) is 0. The third kappa shape index (κ3) is 5.09. The van der Waals surface area contributed by atoms with Crippen LogP contribution in [-0.2, 0) is 5.41 Å². The summed E-state index contributed by atoms with van der Waals surface area (Å²) in [6, 6.07) is 81.9. The van der Waals surface area contributed by atoms with Crippen LogP contribution in [0.2, 0.25) is 0 Å². The molecular formula is C53H37N. The zero-order valence-electron chi connectivity index (χ0n) is 29.8. The maximum atomic E-state index is 2.43. The number of nitrogens with zero attached hydrogens (tertiary/aromatic N) is 1. The summed E-state index contributed by atoms with van der Waals surface area (Å²) in [5, 5.41) is 2.50. The average Bonchev–Trinajstić information content (AvgIpc) is 3.57. The van der Waals surface area contributed by atoms with Gasteiger partial charge >= 0.3 is 0 Å². The quantitative estimate of drug-likeness (QED) is 0.161. The second-order valence-corrected chi connectivity index (χ2v) is 14.1. The Balaban J connectivity index is 1.15. The van der Waals surface area contributed by atoms with E-state index in [2.05, 4.69) is 229 Å². The van der Waals surface area contributed by atoms with E-state index in [0.717, 1.165) is 17.1 Å². The van der Waals surface area contributed by atoms with Crippen molar-refractivity contribution in [3.8, 4) is 33.4 Å². The molecule has 0 amide bonds. The van der Waals surface area contributed by atoms with Gasteiger partial charge in [-0.25, -0.2) is 0 Å². The molecule has 0 unspecified atom stereocenters. The summed E-state index contributed by atoms with van der Waals surface area (Å²) in [5.41, 5.74) is 15.4. The summed E-state index contributed by atoms with van der Waals surface area (Å²) in [6.07, 6.45) is 0. The SMILES string of the molecule is c1ccc(-c2cccc3ccc(-c4ccc(N(c5ccccc5)c5cccc6c5-c5ccccc5C6(c5ccccc5)c5ccccc5)cc4)cc23)cc1. The second kappa shape index (κ2) is 13.2. The third-order valence-corrected chi connectivity index (χ3v) is 11.1. The van der Waals surface area contributed by atoms with E-state index in [1.807, 2.05) is 0 Å². The van der Waals surface area contributed by atoms with Gasteiger partial charge in [0.2, 0.25) is 0 Å². The average molecular weight is 688 g/mol. The highest BCUT2D eigenvalue weighted by atomic mass is 15.1. The van der Waals surface area contributed by atoms with Crippen LogP contribution in [0.5, 0.6) is 0 Å². The van der Waals surface area contributed by atoms with Crippen molar-refractivity contribution < 1.29 is 0 Å². The fraction of sp³-hybridized carbons (Fsp3) is 0.0189. The van der Waals surface area contributed by atoms with E-state index >= 15 is 0 Å². The Morgan fingerprint density at radius 1 is 0.333 bits per heavy atom. The van der Waals surface area contributed by atoms with Crippen LogP contribution >= 0.6 is 0 Å². The van der Waals surface area contributed by atoms with E-state index in [0.29, 0.717) is 0 Å². The van der Waals surface area contributed by atoms with Gasteiger partial charge in [0.25, 0.3) is 0 Å². The molecule has 0 spiro atoms. The Bertz CT molecular complexity index is 2700. The Kier molecular flexibility index (Phi) is 7.78. The Labute approximate surface area is 317 Å². The van der Waals surface area contributed by atoms with Crippen LogP contribution < -0.4 is 4.90 Å². The van der Waals surface area contributed by atoms with Gasteiger partial charge in [-0.1, -0.05) is 188 Å². The minimum Gasteiger partial charge on any atom is -0.310 e. The maximum absolute atomic E-state index is 2.43. The van der Waals surface area contributed by atoms with Gasteiger partial charge in [0, 0.05) is 16.9 Å². The van der Waals surface area contributed by atoms with E-state index < -0.39 is 5.41 Å². The van der Waals surface area contributed by atoms with Crippen molar-refractivity contribution in [2.24, 2.45) is 0 Å². The molecule has 0 fully saturated rings. The lowest BCUT2D eigenvalue weighted by Gasteiger charge is -2.34. The molecule has 0 atom stereocenters. The van der Waals surface area contributed by atoms with Crippen LogP contribution in [0.1, 0.15) is 22.3 Å². The van der Waals surface area contributed by atoms with Gasteiger partial charge in [-0.15, -0.1) is 0 Å². The van der Waals surface area contributed by atoms with Crippen molar-refractivity contribution in [1.82, 2.24) is 0 Å². The molecule has 54 heavy (non-hydrogen) atoms. The van der Waals surface area contributed by atoms with E-state index in [4.69, 9.17) is 0 Å². The fourth-order valence-corrected chi connectivity index (χ4v) is 8.79. The summed E-state index contributed by atoms with van der Waals surface area (Å²) in [6.45, 7) is 0. The number of rotatable bonds is 7. The fourth-order valence-electron chi connectivity index (χ4n) is 8.79. The molecule has 1 nitrogen and oxygen atoms in total. The zero-order valence-corrected chi connectivity index (χ0v) is 29.8. The van der Waals surface area contributed by atoms with Crippen molar-refractivity contribution in [3.63, 3.8) is 0 Å². The molecule has 254 valence electrons. The summed E-state index contributed by atoms with van der Waals surface area (Å²) in [4.78, 5) is 2.43. The number of hydrogen-bond acceptors (Lipinski definition) is 1. The molecule has 1 aliphatic rings. The second-order valence-electron chi connectivity index (χ2n) is 14.1. The van der Waals surface area contributed by atoms with Crippen molar-refractivity contribution in [1.29, 1.82) is 0 Å². The summed E-state index contributed by atoms with van der Waals surface area (Å²) in [5.74, 6) is 0. The van der Waals surface area contributed by atoms with E-state index in [9.17, 15) is 0 Å². The van der Waals surface area contributed by atoms with E-state index in [-0.39, 0.29) is 0 Å². The number of benzene rings is 9. The molecule has 10 rings (SSSR count). The monoisotopic (exact) mass is 687 g/mol. The third-order valence-electron chi connectivity index (χ3n) is 11.1. The molecule has 0 aromatic heterocycles. The molecule has 0 heterocycles. The molecular weight excluding hydrogens is 651 g/mol. The minimum atomic E-state index is -0.467. The first kappa shape index (κ1) is 31.7. The molecule has 0 saturated carbocycles. The van der Waals surface area contributed by atoms with Crippen LogP contribution in [0, 0.1) is 0 Å². The first-order valence-electron chi connectivity index (χ1n) is 18.7. The van der Waals surface area contributed by atoms with E-state index in [1.165, 1.54) is 66.4 Å². The molecule has 0 radical (unpaired) electrons. The number of fused-ring (bicyclic) bond motifs is 4. The lowest BCUT2D eigenvalue weighted by atomic mass is 9.68. The van der Waals surface area contributed by atoms with Gasteiger partial charge in [-0.2, -0.15) is 0 Å². The molecule has 1 aliphatic carbocycles. The predicted octanol–water partition coefficient (Wildman–Crippen LogP) is 14.0. The molecule has 9 aromatic rings. The van der Waals surface area contributed by atoms with Crippen molar-refractivity contribution >= 4 is 27.8 Å². The number of anilines is 3. The van der Waals surface area contributed by atoms with Crippen LogP contribution in [0.4, 0.5) is 17.1 Å². The van der Waals surface area contributed by atoms with Crippen LogP contribution in [0.3, 0.4) is 0 Å². The molecule has 0 N–H and O–H groups in total. The highest BCUT2D eigenvalue weighted by Crippen LogP contribution is 2.59. The first-order chi connectivity index (χ1) is 26.8. The smallest absolute Gasteiger partial charge is 0.0714 e. The first-order valence-corrected chi connectivity index (χ1v) is 18.7. The lowest BCUT2D eigenvalue weighted by Crippen LogP contribution is -2.28. The zero-order chi connectivity index (χ0) is 35.9. The molecule has 0 bridgehead atoms. The van der Waals surface area contributed by atoms with Crippen molar-refractivity contribution in [2.45, 2.75) is 5.41 Å². The summed E-state index contributed by atoms with van der Waals surface area (Å²) >= 11 is 0.